The number of aromatic hydroxyl groups is 1. The molecule has 0 spiro atoms. The predicted octanol–water partition coefficient (Wildman–Crippen LogP) is 4.86. The summed E-state index contributed by atoms with van der Waals surface area (Å²) in [6, 6.07) is 2.28. The Kier molecular flexibility index (Phi) is 20.7. The number of hydrogen-bond acceptors (Lipinski definition) is 8. The summed E-state index contributed by atoms with van der Waals surface area (Å²) >= 11 is 10.1. The van der Waals surface area contributed by atoms with Crippen LogP contribution in [0.25, 0.3) is 0 Å². The van der Waals surface area contributed by atoms with Gasteiger partial charge in [0.15, 0.2) is 5.75 Å². The van der Waals surface area contributed by atoms with Crippen LogP contribution in [0.3, 0.4) is 0 Å². The number of rotatable bonds is 12. The summed E-state index contributed by atoms with van der Waals surface area (Å²) < 4.78 is 14.9. The number of hydrogen-bond donors (Lipinski definition) is 3. The van der Waals surface area contributed by atoms with E-state index < -0.39 is 11.2 Å². The Labute approximate surface area is 218 Å². The molecule has 0 saturated carbocycles. The fraction of sp³-hybridized carbons (Fsp3) is 0.545. The van der Waals surface area contributed by atoms with Gasteiger partial charge < -0.3 is 28.9 Å². The molecule has 2 aromatic heterocycles. The summed E-state index contributed by atoms with van der Waals surface area (Å²) in [5, 5.41) is 29.1. The van der Waals surface area contributed by atoms with E-state index in [1.807, 2.05) is 0 Å². The van der Waals surface area contributed by atoms with Crippen molar-refractivity contribution in [3.8, 4) is 11.5 Å². The molecule has 0 aliphatic carbocycles. The molecule has 3 N–H and O–H groups in total. The zero-order valence-corrected chi connectivity index (χ0v) is 23.1. The van der Waals surface area contributed by atoms with Crippen molar-refractivity contribution < 1.29 is 28.9 Å². The number of unbranched alkanes of at least 4 members (excludes halogenated alkanes) is 4. The largest absolute Gasteiger partial charge is 0.502 e. The summed E-state index contributed by atoms with van der Waals surface area (Å²) in [6.07, 6.45) is 9.18. The average molecular weight is 663 g/mol. The van der Waals surface area contributed by atoms with Crippen molar-refractivity contribution in [1.29, 1.82) is 0 Å². The van der Waals surface area contributed by atoms with Gasteiger partial charge in [0.05, 0.1) is 6.61 Å². The Morgan fingerprint density at radius 1 is 0.727 bits per heavy atom. The lowest BCUT2D eigenvalue weighted by molar-refractivity contribution is 0.236. The van der Waals surface area contributed by atoms with Crippen LogP contribution in [0.5, 0.6) is 11.5 Å². The van der Waals surface area contributed by atoms with Gasteiger partial charge in [0.1, 0.15) is 37.3 Å². The zero-order valence-electron chi connectivity index (χ0n) is 18.3. The second kappa shape index (κ2) is 21.4. The minimum atomic E-state index is -0.546. The molecule has 0 aliphatic heterocycles. The standard InChI is InChI=1S/C11H15BrO4.C6H6O4.C5H10Br2/c12-4-2-1-3-5-15-11-8-16-9(7-13)6-10(11)14;7-2-4-1-5(8)6(9)3-10-4;6-4-2-1-3-5-7/h6,8,13H,1-5,7H2;1,3,7,9H,2H2;1-5H2. The van der Waals surface area contributed by atoms with Gasteiger partial charge in [0, 0.05) is 28.1 Å². The first-order valence-corrected chi connectivity index (χ1v) is 13.7. The topological polar surface area (TPSA) is 130 Å². The molecule has 0 radical (unpaired) electrons. The molecule has 2 rings (SSSR count). The quantitative estimate of drug-likeness (QED) is 0.217. The van der Waals surface area contributed by atoms with E-state index in [0.717, 1.165) is 47.6 Å². The third kappa shape index (κ3) is 16.2. The van der Waals surface area contributed by atoms with Crippen LogP contribution in [0, 0.1) is 0 Å². The van der Waals surface area contributed by atoms with Gasteiger partial charge in [-0.05, 0) is 32.1 Å². The van der Waals surface area contributed by atoms with Gasteiger partial charge in [-0.1, -0.05) is 54.2 Å². The molecule has 0 aromatic carbocycles. The van der Waals surface area contributed by atoms with Crippen LogP contribution in [-0.4, -0.2) is 37.9 Å². The predicted molar refractivity (Wildman–Crippen MR) is 138 cm³/mol. The van der Waals surface area contributed by atoms with Gasteiger partial charge >= 0.3 is 0 Å². The Bertz CT molecular complexity index is 850. The summed E-state index contributed by atoms with van der Waals surface area (Å²) in [7, 11) is 0. The lowest BCUT2D eigenvalue weighted by Crippen LogP contribution is -2.09. The van der Waals surface area contributed by atoms with Crippen molar-refractivity contribution >= 4 is 47.8 Å². The number of aliphatic hydroxyl groups is 2. The molecular formula is C22H31Br3O8. The highest BCUT2D eigenvalue weighted by molar-refractivity contribution is 9.09. The molecule has 188 valence electrons. The van der Waals surface area contributed by atoms with Crippen LogP contribution in [0.4, 0.5) is 0 Å². The van der Waals surface area contributed by atoms with Gasteiger partial charge in [-0.2, -0.15) is 0 Å². The molecule has 33 heavy (non-hydrogen) atoms. The number of aliphatic hydroxyl groups excluding tert-OH is 2. The monoisotopic (exact) mass is 660 g/mol. The highest BCUT2D eigenvalue weighted by Crippen LogP contribution is 2.07. The molecule has 2 aromatic rings. The third-order valence-corrected chi connectivity index (χ3v) is 5.52. The van der Waals surface area contributed by atoms with Crippen LogP contribution in [0.1, 0.15) is 50.0 Å². The molecule has 0 atom stereocenters. The first-order valence-electron chi connectivity index (χ1n) is 10.4. The highest BCUT2D eigenvalue weighted by Gasteiger charge is 2.03. The van der Waals surface area contributed by atoms with E-state index in [2.05, 4.69) is 52.2 Å². The van der Waals surface area contributed by atoms with E-state index in [-0.39, 0.29) is 35.9 Å². The Balaban J connectivity index is 0.000000514. The van der Waals surface area contributed by atoms with Crippen molar-refractivity contribution in [3.05, 3.63) is 56.6 Å². The van der Waals surface area contributed by atoms with Crippen molar-refractivity contribution in [2.24, 2.45) is 0 Å². The first-order chi connectivity index (χ1) is 15.9. The van der Waals surface area contributed by atoms with Crippen LogP contribution in [0.2, 0.25) is 0 Å². The van der Waals surface area contributed by atoms with Gasteiger partial charge in [-0.3, -0.25) is 9.59 Å². The molecule has 11 heteroatoms. The smallest absolute Gasteiger partial charge is 0.227 e. The highest BCUT2D eigenvalue weighted by atomic mass is 79.9. The van der Waals surface area contributed by atoms with E-state index in [1.165, 1.54) is 31.6 Å². The van der Waals surface area contributed by atoms with Gasteiger partial charge in [-0.15, -0.1) is 0 Å². The van der Waals surface area contributed by atoms with Crippen LogP contribution < -0.4 is 15.6 Å². The minimum Gasteiger partial charge on any atom is -0.502 e. The van der Waals surface area contributed by atoms with Crippen LogP contribution >= 0.6 is 47.8 Å². The van der Waals surface area contributed by atoms with E-state index in [9.17, 15) is 9.59 Å². The molecule has 2 heterocycles. The Hall–Kier alpha value is -1.14. The third-order valence-electron chi connectivity index (χ3n) is 3.83. The summed E-state index contributed by atoms with van der Waals surface area (Å²) in [4.78, 5) is 22.0. The van der Waals surface area contributed by atoms with E-state index in [1.54, 1.807) is 0 Å². The van der Waals surface area contributed by atoms with E-state index in [4.69, 9.17) is 24.5 Å². The maximum atomic E-state index is 11.4. The maximum Gasteiger partial charge on any atom is 0.227 e. The van der Waals surface area contributed by atoms with Crippen LogP contribution in [0.15, 0.2) is 43.1 Å². The maximum absolute atomic E-state index is 11.4. The fourth-order valence-corrected chi connectivity index (χ4v) is 3.26. The van der Waals surface area contributed by atoms with Crippen molar-refractivity contribution in [3.63, 3.8) is 0 Å². The molecule has 0 fully saturated rings. The number of alkyl halides is 3. The summed E-state index contributed by atoms with van der Waals surface area (Å²) in [5.74, 6) is 0.146. The molecule has 0 saturated heterocycles. The minimum absolute atomic E-state index is 0.141. The Morgan fingerprint density at radius 3 is 1.67 bits per heavy atom. The lowest BCUT2D eigenvalue weighted by atomic mass is 10.3. The lowest BCUT2D eigenvalue weighted by Gasteiger charge is -2.04. The second-order valence-corrected chi connectivity index (χ2v) is 8.90. The summed E-state index contributed by atoms with van der Waals surface area (Å²) in [5.41, 5.74) is -0.800. The normalized spacial score (nSPS) is 9.97. The molecule has 0 bridgehead atoms. The number of halogens is 3. The second-order valence-electron chi connectivity index (χ2n) is 6.52. The molecule has 0 aliphatic rings. The SMILES string of the molecule is BrCCCCCBr.O=c1cc(CO)occ1O.O=c1cc(CO)occ1OCCCCCBr. The van der Waals surface area contributed by atoms with Gasteiger partial charge in [0.2, 0.25) is 16.6 Å². The summed E-state index contributed by atoms with van der Waals surface area (Å²) in [6.45, 7) is -0.105. The molecular weight excluding hydrogens is 632 g/mol. The number of ether oxygens (including phenoxy) is 1. The molecule has 0 unspecified atom stereocenters. The van der Waals surface area contributed by atoms with Gasteiger partial charge in [-0.25, -0.2) is 0 Å². The van der Waals surface area contributed by atoms with E-state index in [0.29, 0.717) is 6.61 Å². The molecule has 8 nitrogen and oxygen atoms in total. The van der Waals surface area contributed by atoms with Crippen molar-refractivity contribution in [1.82, 2.24) is 0 Å². The first kappa shape index (κ1) is 31.9. The van der Waals surface area contributed by atoms with Crippen molar-refractivity contribution in [2.75, 3.05) is 22.6 Å². The van der Waals surface area contributed by atoms with Gasteiger partial charge in [0.25, 0.3) is 0 Å². The van der Waals surface area contributed by atoms with E-state index >= 15 is 0 Å². The Morgan fingerprint density at radius 2 is 1.21 bits per heavy atom. The van der Waals surface area contributed by atoms with Crippen LogP contribution in [-0.2, 0) is 13.2 Å². The zero-order chi connectivity index (χ0) is 24.9. The van der Waals surface area contributed by atoms with Crippen molar-refractivity contribution in [2.45, 2.75) is 51.7 Å². The fourth-order valence-electron chi connectivity index (χ4n) is 2.07. The average Bonchev–Trinajstić information content (AvgIpc) is 2.82. The molecule has 0 amide bonds.